The molecule has 3 atom stereocenters. The Bertz CT molecular complexity index is 345. The van der Waals surface area contributed by atoms with Crippen molar-refractivity contribution in [2.45, 2.75) is 52.7 Å². The first-order valence-electron chi connectivity index (χ1n) is 6.76. The van der Waals surface area contributed by atoms with Gasteiger partial charge in [0.25, 0.3) is 0 Å². The Morgan fingerprint density at radius 1 is 1.44 bits per heavy atom. The second kappa shape index (κ2) is 4.12. The van der Waals surface area contributed by atoms with Crippen molar-refractivity contribution in [1.82, 2.24) is 4.90 Å². The van der Waals surface area contributed by atoms with E-state index in [1.807, 2.05) is 20.8 Å². The van der Waals surface area contributed by atoms with Gasteiger partial charge in [0.2, 0.25) is 0 Å². The molecule has 1 heterocycles. The molecule has 0 aromatic heterocycles. The van der Waals surface area contributed by atoms with Crippen molar-refractivity contribution >= 4 is 6.09 Å². The van der Waals surface area contributed by atoms with Crippen LogP contribution in [0.4, 0.5) is 4.79 Å². The Hall–Kier alpha value is -0.770. The van der Waals surface area contributed by atoms with Gasteiger partial charge in [0.1, 0.15) is 5.60 Å². The monoisotopic (exact) mass is 255 g/mol. The minimum Gasteiger partial charge on any atom is -0.444 e. The average molecular weight is 255 g/mol. The zero-order valence-corrected chi connectivity index (χ0v) is 12.1. The van der Waals surface area contributed by atoms with Crippen LogP contribution in [0.2, 0.25) is 0 Å². The van der Waals surface area contributed by atoms with Gasteiger partial charge in [0, 0.05) is 6.54 Å². The lowest BCUT2D eigenvalue weighted by atomic mass is 9.55. The van der Waals surface area contributed by atoms with Crippen LogP contribution >= 0.6 is 0 Å². The third-order valence-electron chi connectivity index (χ3n) is 4.39. The van der Waals surface area contributed by atoms with E-state index in [0.29, 0.717) is 11.8 Å². The van der Waals surface area contributed by atoms with Crippen LogP contribution in [0.15, 0.2) is 0 Å². The number of nitrogens with zero attached hydrogens (tertiary/aromatic N) is 1. The van der Waals surface area contributed by atoms with Crippen LogP contribution in [-0.2, 0) is 4.74 Å². The van der Waals surface area contributed by atoms with Gasteiger partial charge in [0.05, 0.1) is 12.6 Å². The second-order valence-electron chi connectivity index (χ2n) is 7.35. The Morgan fingerprint density at radius 2 is 2.06 bits per heavy atom. The van der Waals surface area contributed by atoms with Gasteiger partial charge in [-0.1, -0.05) is 13.8 Å². The van der Waals surface area contributed by atoms with Crippen molar-refractivity contribution in [3.63, 3.8) is 0 Å². The first kappa shape index (κ1) is 13.7. The molecule has 0 spiro atoms. The Kier molecular flexibility index (Phi) is 3.13. The van der Waals surface area contributed by atoms with E-state index in [4.69, 9.17) is 4.74 Å². The predicted molar refractivity (Wildman–Crippen MR) is 69.2 cm³/mol. The summed E-state index contributed by atoms with van der Waals surface area (Å²) in [5.74, 6) is 0.944. The van der Waals surface area contributed by atoms with Gasteiger partial charge in [-0.3, -0.25) is 0 Å². The van der Waals surface area contributed by atoms with Crippen molar-refractivity contribution in [2.24, 2.45) is 17.3 Å². The van der Waals surface area contributed by atoms with Crippen molar-refractivity contribution in [2.75, 3.05) is 13.2 Å². The normalized spacial score (nSPS) is 33.9. The number of fused-ring (bicyclic) bond motifs is 1. The molecular weight excluding hydrogens is 230 g/mol. The highest BCUT2D eigenvalue weighted by Crippen LogP contribution is 2.56. The lowest BCUT2D eigenvalue weighted by Gasteiger charge is -2.48. The van der Waals surface area contributed by atoms with Crippen LogP contribution in [0.25, 0.3) is 0 Å². The van der Waals surface area contributed by atoms with E-state index in [1.54, 1.807) is 4.90 Å². The molecular formula is C14H25NO3. The lowest BCUT2D eigenvalue weighted by Crippen LogP contribution is -2.47. The first-order valence-corrected chi connectivity index (χ1v) is 6.76. The highest BCUT2D eigenvalue weighted by atomic mass is 16.6. The molecule has 1 amide bonds. The maximum absolute atomic E-state index is 12.2. The molecule has 1 aliphatic heterocycles. The summed E-state index contributed by atoms with van der Waals surface area (Å²) in [6.07, 6.45) is 0.800. The van der Waals surface area contributed by atoms with Crippen molar-refractivity contribution in [3.05, 3.63) is 0 Å². The zero-order chi connectivity index (χ0) is 13.7. The Morgan fingerprint density at radius 3 is 2.50 bits per heavy atom. The second-order valence-corrected chi connectivity index (χ2v) is 7.35. The summed E-state index contributed by atoms with van der Waals surface area (Å²) in [5, 5.41) is 9.53. The molecule has 1 N–H and O–H groups in total. The summed E-state index contributed by atoms with van der Waals surface area (Å²) in [5.41, 5.74) is -0.191. The number of carbonyl (C=O) groups excluding carboxylic acids is 1. The smallest absolute Gasteiger partial charge is 0.410 e. The summed E-state index contributed by atoms with van der Waals surface area (Å²) < 4.78 is 5.42. The number of likely N-dealkylation sites (tertiary alicyclic amines) is 1. The number of aliphatic hydroxyl groups is 1. The van der Waals surface area contributed by atoms with Gasteiger partial charge in [-0.2, -0.15) is 0 Å². The van der Waals surface area contributed by atoms with E-state index >= 15 is 0 Å². The molecule has 2 aliphatic rings. The van der Waals surface area contributed by atoms with Crippen molar-refractivity contribution in [1.29, 1.82) is 0 Å². The van der Waals surface area contributed by atoms with Gasteiger partial charge in [-0.05, 0) is 44.4 Å². The number of ether oxygens (including phenoxy) is 1. The van der Waals surface area contributed by atoms with Gasteiger partial charge in [0.15, 0.2) is 0 Å². The molecule has 3 unspecified atom stereocenters. The molecule has 0 radical (unpaired) electrons. The molecule has 1 saturated heterocycles. The molecule has 4 nitrogen and oxygen atoms in total. The van der Waals surface area contributed by atoms with Crippen LogP contribution in [0, 0.1) is 17.3 Å². The molecule has 2 rings (SSSR count). The lowest BCUT2D eigenvalue weighted by molar-refractivity contribution is -0.00177. The fourth-order valence-electron chi connectivity index (χ4n) is 3.45. The number of hydrogen-bond acceptors (Lipinski definition) is 3. The SMILES string of the molecule is CC(C)(C)OC(=O)N1CC2C(CC2(C)C)C1CO. The third kappa shape index (κ3) is 2.22. The summed E-state index contributed by atoms with van der Waals surface area (Å²) in [7, 11) is 0. The number of carbonyl (C=O) groups is 1. The number of amides is 1. The summed E-state index contributed by atoms with van der Waals surface area (Å²) in [4.78, 5) is 13.9. The fourth-order valence-corrected chi connectivity index (χ4v) is 3.45. The highest BCUT2D eigenvalue weighted by Gasteiger charge is 2.58. The molecule has 18 heavy (non-hydrogen) atoms. The average Bonchev–Trinajstić information content (AvgIpc) is 2.50. The van der Waals surface area contributed by atoms with Crippen LogP contribution < -0.4 is 0 Å². The number of aliphatic hydroxyl groups excluding tert-OH is 1. The van der Waals surface area contributed by atoms with E-state index in [-0.39, 0.29) is 24.2 Å². The zero-order valence-electron chi connectivity index (χ0n) is 12.1. The largest absolute Gasteiger partial charge is 0.444 e. The van der Waals surface area contributed by atoms with E-state index in [0.717, 1.165) is 13.0 Å². The van der Waals surface area contributed by atoms with Crippen molar-refractivity contribution < 1.29 is 14.6 Å². The molecule has 104 valence electrons. The maximum Gasteiger partial charge on any atom is 0.410 e. The van der Waals surface area contributed by atoms with Crippen LogP contribution in [0.1, 0.15) is 41.0 Å². The molecule has 1 aliphatic carbocycles. The van der Waals surface area contributed by atoms with Crippen molar-refractivity contribution in [3.8, 4) is 0 Å². The standard InChI is InChI=1S/C14H25NO3/c1-13(2,3)18-12(17)15-7-10-9(11(15)8-16)6-14(10,4)5/h9-11,16H,6-8H2,1-5H3. The van der Waals surface area contributed by atoms with Gasteiger partial charge in [-0.15, -0.1) is 0 Å². The van der Waals surface area contributed by atoms with E-state index < -0.39 is 5.60 Å². The quantitative estimate of drug-likeness (QED) is 0.782. The van der Waals surface area contributed by atoms with Crippen LogP contribution in [0.5, 0.6) is 0 Å². The molecule has 2 fully saturated rings. The summed E-state index contributed by atoms with van der Waals surface area (Å²) in [6, 6.07) is -0.0575. The summed E-state index contributed by atoms with van der Waals surface area (Å²) in [6.45, 7) is 10.8. The Balaban J connectivity index is 2.07. The van der Waals surface area contributed by atoms with E-state index in [2.05, 4.69) is 13.8 Å². The topological polar surface area (TPSA) is 49.8 Å². The number of rotatable bonds is 1. The summed E-state index contributed by atoms with van der Waals surface area (Å²) >= 11 is 0. The fraction of sp³-hybridized carbons (Fsp3) is 0.929. The highest BCUT2D eigenvalue weighted by molar-refractivity contribution is 5.69. The molecule has 0 bridgehead atoms. The minimum atomic E-state index is -0.478. The van der Waals surface area contributed by atoms with Crippen LogP contribution in [-0.4, -0.2) is 40.9 Å². The van der Waals surface area contributed by atoms with Gasteiger partial charge in [-0.25, -0.2) is 4.79 Å². The third-order valence-corrected chi connectivity index (χ3v) is 4.39. The molecule has 0 aromatic rings. The Labute approximate surface area is 109 Å². The first-order chi connectivity index (χ1) is 8.15. The maximum atomic E-state index is 12.2. The molecule has 1 saturated carbocycles. The molecule has 0 aromatic carbocycles. The van der Waals surface area contributed by atoms with E-state index in [9.17, 15) is 9.90 Å². The van der Waals surface area contributed by atoms with Crippen LogP contribution in [0.3, 0.4) is 0 Å². The minimum absolute atomic E-state index is 0.0382. The number of hydrogen-bond donors (Lipinski definition) is 1. The molecule has 4 heteroatoms. The predicted octanol–water partition coefficient (Wildman–Crippen LogP) is 2.26. The van der Waals surface area contributed by atoms with Gasteiger partial charge < -0.3 is 14.7 Å². The van der Waals surface area contributed by atoms with E-state index in [1.165, 1.54) is 0 Å². The van der Waals surface area contributed by atoms with Gasteiger partial charge >= 0.3 is 6.09 Å².